The maximum Gasteiger partial charge on any atom is 0.0758 e. The SMILES string of the molecule is Cc1cn(C)nc1CBr. The van der Waals surface area contributed by atoms with E-state index in [2.05, 4.69) is 28.0 Å². The first-order valence-electron chi connectivity index (χ1n) is 2.79. The van der Waals surface area contributed by atoms with Crippen LogP contribution in [0.2, 0.25) is 0 Å². The van der Waals surface area contributed by atoms with Crippen LogP contribution in [0.4, 0.5) is 0 Å². The average Bonchev–Trinajstić information content (AvgIpc) is 2.10. The highest BCUT2D eigenvalue weighted by atomic mass is 79.9. The van der Waals surface area contributed by atoms with Crippen molar-refractivity contribution in [3.8, 4) is 0 Å². The molecule has 1 rings (SSSR count). The monoisotopic (exact) mass is 188 g/mol. The molecule has 0 aliphatic carbocycles. The van der Waals surface area contributed by atoms with E-state index in [0.29, 0.717) is 0 Å². The molecule has 9 heavy (non-hydrogen) atoms. The Labute approximate surface area is 63.0 Å². The molecule has 0 aliphatic rings. The molecule has 0 bridgehead atoms. The van der Waals surface area contributed by atoms with Gasteiger partial charge in [0.05, 0.1) is 5.69 Å². The highest BCUT2D eigenvalue weighted by Gasteiger charge is 1.98. The van der Waals surface area contributed by atoms with Crippen LogP contribution in [-0.2, 0) is 12.4 Å². The Hall–Kier alpha value is -0.310. The molecule has 0 aromatic carbocycles. The summed E-state index contributed by atoms with van der Waals surface area (Å²) in [5.41, 5.74) is 2.37. The maximum absolute atomic E-state index is 4.20. The van der Waals surface area contributed by atoms with Crippen LogP contribution in [0, 0.1) is 6.92 Å². The number of nitrogens with zero attached hydrogens (tertiary/aromatic N) is 2. The van der Waals surface area contributed by atoms with Crippen molar-refractivity contribution in [2.75, 3.05) is 0 Å². The maximum atomic E-state index is 4.20. The molecule has 1 heterocycles. The van der Waals surface area contributed by atoms with Gasteiger partial charge >= 0.3 is 0 Å². The van der Waals surface area contributed by atoms with E-state index in [1.165, 1.54) is 5.56 Å². The van der Waals surface area contributed by atoms with Crippen LogP contribution < -0.4 is 0 Å². The van der Waals surface area contributed by atoms with E-state index in [9.17, 15) is 0 Å². The minimum absolute atomic E-state index is 0.847. The lowest BCUT2D eigenvalue weighted by atomic mass is 10.3. The van der Waals surface area contributed by atoms with Gasteiger partial charge in [0.25, 0.3) is 0 Å². The summed E-state index contributed by atoms with van der Waals surface area (Å²) in [6.45, 7) is 2.06. The molecule has 0 atom stereocenters. The highest BCUT2D eigenvalue weighted by molar-refractivity contribution is 9.08. The van der Waals surface area contributed by atoms with Gasteiger partial charge in [-0.1, -0.05) is 15.9 Å². The standard InChI is InChI=1S/C6H9BrN2/c1-5-4-9(2)8-6(5)3-7/h4H,3H2,1-2H3. The summed E-state index contributed by atoms with van der Waals surface area (Å²) in [4.78, 5) is 0. The lowest BCUT2D eigenvalue weighted by Gasteiger charge is -1.85. The van der Waals surface area contributed by atoms with Gasteiger partial charge < -0.3 is 0 Å². The Morgan fingerprint density at radius 1 is 1.78 bits per heavy atom. The second-order valence-electron chi connectivity index (χ2n) is 2.07. The molecule has 0 spiro atoms. The largest absolute Gasteiger partial charge is 0.275 e. The first-order chi connectivity index (χ1) is 4.24. The van der Waals surface area contributed by atoms with Gasteiger partial charge in [0.15, 0.2) is 0 Å². The van der Waals surface area contributed by atoms with Crippen LogP contribution in [0.25, 0.3) is 0 Å². The summed E-state index contributed by atoms with van der Waals surface area (Å²) in [5.74, 6) is 0. The fourth-order valence-corrected chi connectivity index (χ4v) is 1.34. The van der Waals surface area contributed by atoms with Gasteiger partial charge in [-0.05, 0) is 12.5 Å². The van der Waals surface area contributed by atoms with E-state index < -0.39 is 0 Å². The van der Waals surface area contributed by atoms with Crippen molar-refractivity contribution in [1.82, 2.24) is 9.78 Å². The zero-order valence-corrected chi connectivity index (χ0v) is 7.14. The Kier molecular flexibility index (Phi) is 1.90. The molecule has 0 fully saturated rings. The second kappa shape index (κ2) is 2.52. The number of aryl methyl sites for hydroxylation is 2. The summed E-state index contributed by atoms with van der Waals surface area (Å²) in [6.07, 6.45) is 2.01. The third-order valence-electron chi connectivity index (χ3n) is 1.24. The van der Waals surface area contributed by atoms with Gasteiger partial charge in [-0.15, -0.1) is 0 Å². The zero-order valence-electron chi connectivity index (χ0n) is 5.56. The van der Waals surface area contributed by atoms with Gasteiger partial charge in [0, 0.05) is 18.6 Å². The molecule has 50 valence electrons. The molecular weight excluding hydrogens is 180 g/mol. The molecule has 0 radical (unpaired) electrons. The van der Waals surface area contributed by atoms with Gasteiger partial charge in [-0.2, -0.15) is 5.10 Å². The van der Waals surface area contributed by atoms with Crippen LogP contribution in [0.1, 0.15) is 11.3 Å². The van der Waals surface area contributed by atoms with Gasteiger partial charge in [0.1, 0.15) is 0 Å². The predicted molar refractivity (Wildman–Crippen MR) is 40.6 cm³/mol. The molecule has 2 nitrogen and oxygen atoms in total. The summed E-state index contributed by atoms with van der Waals surface area (Å²) < 4.78 is 1.83. The first kappa shape index (κ1) is 6.81. The van der Waals surface area contributed by atoms with Crippen LogP contribution >= 0.6 is 15.9 Å². The number of alkyl halides is 1. The quantitative estimate of drug-likeness (QED) is 0.614. The topological polar surface area (TPSA) is 17.8 Å². The molecule has 0 N–H and O–H groups in total. The van der Waals surface area contributed by atoms with Crippen molar-refractivity contribution < 1.29 is 0 Å². The molecule has 0 unspecified atom stereocenters. The Bertz CT molecular complexity index is 205. The average molecular weight is 189 g/mol. The smallest absolute Gasteiger partial charge is 0.0758 e. The van der Waals surface area contributed by atoms with E-state index >= 15 is 0 Å². The number of halogens is 1. The molecule has 0 saturated heterocycles. The van der Waals surface area contributed by atoms with Crippen molar-refractivity contribution in [1.29, 1.82) is 0 Å². The Balaban J connectivity index is 3.01. The van der Waals surface area contributed by atoms with E-state index in [0.717, 1.165) is 11.0 Å². The number of hydrogen-bond acceptors (Lipinski definition) is 1. The highest BCUT2D eigenvalue weighted by Crippen LogP contribution is 2.07. The minimum Gasteiger partial charge on any atom is -0.275 e. The van der Waals surface area contributed by atoms with Gasteiger partial charge in [-0.25, -0.2) is 0 Å². The van der Waals surface area contributed by atoms with E-state index in [1.54, 1.807) is 0 Å². The fraction of sp³-hybridized carbons (Fsp3) is 0.500. The van der Waals surface area contributed by atoms with Crippen LogP contribution in [0.15, 0.2) is 6.20 Å². The summed E-state index contributed by atoms with van der Waals surface area (Å²) in [6, 6.07) is 0. The van der Waals surface area contributed by atoms with Crippen LogP contribution in [-0.4, -0.2) is 9.78 Å². The first-order valence-corrected chi connectivity index (χ1v) is 3.91. The van der Waals surface area contributed by atoms with Crippen molar-refractivity contribution in [2.45, 2.75) is 12.3 Å². The molecule has 0 amide bonds. The summed E-state index contributed by atoms with van der Waals surface area (Å²) in [7, 11) is 1.93. The fourth-order valence-electron chi connectivity index (χ4n) is 0.785. The van der Waals surface area contributed by atoms with E-state index in [1.807, 2.05) is 17.9 Å². The van der Waals surface area contributed by atoms with Gasteiger partial charge in [0.2, 0.25) is 0 Å². The molecule has 1 aromatic heterocycles. The van der Waals surface area contributed by atoms with Crippen LogP contribution in [0.5, 0.6) is 0 Å². The van der Waals surface area contributed by atoms with Crippen molar-refractivity contribution in [3.63, 3.8) is 0 Å². The van der Waals surface area contributed by atoms with Gasteiger partial charge in [-0.3, -0.25) is 4.68 Å². The predicted octanol–water partition coefficient (Wildman–Crippen LogP) is 1.62. The van der Waals surface area contributed by atoms with Crippen molar-refractivity contribution >= 4 is 15.9 Å². The third-order valence-corrected chi connectivity index (χ3v) is 1.77. The Morgan fingerprint density at radius 2 is 2.44 bits per heavy atom. The molecule has 3 heteroatoms. The molecular formula is C6H9BrN2. The number of aromatic nitrogens is 2. The normalized spacial score (nSPS) is 10.1. The van der Waals surface area contributed by atoms with Crippen molar-refractivity contribution in [3.05, 3.63) is 17.5 Å². The minimum atomic E-state index is 0.847. The van der Waals surface area contributed by atoms with Crippen molar-refractivity contribution in [2.24, 2.45) is 7.05 Å². The molecule has 0 saturated carbocycles. The molecule has 1 aromatic rings. The third kappa shape index (κ3) is 1.33. The second-order valence-corrected chi connectivity index (χ2v) is 2.63. The lowest BCUT2D eigenvalue weighted by Crippen LogP contribution is -1.87. The lowest BCUT2D eigenvalue weighted by molar-refractivity contribution is 0.755. The van der Waals surface area contributed by atoms with E-state index in [4.69, 9.17) is 0 Å². The summed E-state index contributed by atoms with van der Waals surface area (Å²) >= 11 is 3.35. The summed E-state index contributed by atoms with van der Waals surface area (Å²) in [5, 5.41) is 5.05. The number of hydrogen-bond donors (Lipinski definition) is 0. The molecule has 0 aliphatic heterocycles. The van der Waals surface area contributed by atoms with Crippen LogP contribution in [0.3, 0.4) is 0 Å². The Morgan fingerprint density at radius 3 is 2.67 bits per heavy atom. The zero-order chi connectivity index (χ0) is 6.85. The number of rotatable bonds is 1. The van der Waals surface area contributed by atoms with E-state index in [-0.39, 0.29) is 0 Å².